The number of aliphatic hydroxyl groups excluding tert-OH is 1. The number of aliphatic hydroxyl groups is 1. The van der Waals surface area contributed by atoms with E-state index in [9.17, 15) is 5.11 Å². The molecule has 0 saturated heterocycles. The first-order chi connectivity index (χ1) is 5.70. The van der Waals surface area contributed by atoms with Gasteiger partial charge in [0, 0.05) is 0 Å². The van der Waals surface area contributed by atoms with Crippen molar-refractivity contribution in [3.8, 4) is 0 Å². The molecule has 1 heteroatoms. The molecule has 0 amide bonds. The molecular weight excluding hydrogens is 148 g/mol. The first kappa shape index (κ1) is 7.81. The van der Waals surface area contributed by atoms with Crippen LogP contribution in [0, 0.1) is 13.8 Å². The van der Waals surface area contributed by atoms with Crippen molar-refractivity contribution in [3.63, 3.8) is 0 Å². The largest absolute Gasteiger partial charge is 0.388 e. The molecule has 0 aliphatic heterocycles. The van der Waals surface area contributed by atoms with Crippen LogP contribution < -0.4 is 0 Å². The van der Waals surface area contributed by atoms with Crippen molar-refractivity contribution in [1.29, 1.82) is 0 Å². The maximum absolute atomic E-state index is 9.60. The number of hydrogen-bond donors (Lipinski definition) is 1. The molecule has 0 fully saturated rings. The highest BCUT2D eigenvalue weighted by Gasteiger charge is 2.21. The van der Waals surface area contributed by atoms with E-state index < -0.39 is 0 Å². The molecule has 1 N–H and O–H groups in total. The van der Waals surface area contributed by atoms with Gasteiger partial charge in [-0.25, -0.2) is 0 Å². The SMILES string of the molecule is Cc1ccc2c(c1C)CCC2O. The van der Waals surface area contributed by atoms with Crippen molar-refractivity contribution in [2.75, 3.05) is 0 Å². The molecule has 1 aliphatic carbocycles. The monoisotopic (exact) mass is 162 g/mol. The summed E-state index contributed by atoms with van der Waals surface area (Å²) in [6, 6.07) is 4.16. The highest BCUT2D eigenvalue weighted by Crippen LogP contribution is 2.33. The smallest absolute Gasteiger partial charge is 0.0796 e. The van der Waals surface area contributed by atoms with Gasteiger partial charge >= 0.3 is 0 Å². The van der Waals surface area contributed by atoms with Crippen LogP contribution in [0.1, 0.15) is 34.8 Å². The molecule has 0 radical (unpaired) electrons. The van der Waals surface area contributed by atoms with E-state index in [4.69, 9.17) is 0 Å². The lowest BCUT2D eigenvalue weighted by Crippen LogP contribution is -1.93. The number of benzene rings is 1. The van der Waals surface area contributed by atoms with E-state index in [1.54, 1.807) is 0 Å². The molecule has 0 aromatic heterocycles. The van der Waals surface area contributed by atoms with Gasteiger partial charge in [0.2, 0.25) is 0 Å². The summed E-state index contributed by atoms with van der Waals surface area (Å²) in [7, 11) is 0. The number of hydrogen-bond acceptors (Lipinski definition) is 1. The Kier molecular flexibility index (Phi) is 1.69. The average Bonchev–Trinajstić information content (AvgIpc) is 2.41. The van der Waals surface area contributed by atoms with Gasteiger partial charge in [0.05, 0.1) is 6.10 Å². The zero-order valence-corrected chi connectivity index (χ0v) is 7.59. The van der Waals surface area contributed by atoms with Gasteiger partial charge < -0.3 is 5.11 Å². The molecule has 64 valence electrons. The van der Waals surface area contributed by atoms with Crippen molar-refractivity contribution < 1.29 is 5.11 Å². The van der Waals surface area contributed by atoms with Crippen molar-refractivity contribution in [2.24, 2.45) is 0 Å². The summed E-state index contributed by atoms with van der Waals surface area (Å²) in [5.74, 6) is 0. The van der Waals surface area contributed by atoms with Crippen LogP contribution in [-0.4, -0.2) is 5.11 Å². The van der Waals surface area contributed by atoms with Gasteiger partial charge in [-0.3, -0.25) is 0 Å². The van der Waals surface area contributed by atoms with Gasteiger partial charge in [0.15, 0.2) is 0 Å². The maximum Gasteiger partial charge on any atom is 0.0796 e. The standard InChI is InChI=1S/C11H14O/c1-7-3-4-10-9(8(7)2)5-6-11(10)12/h3-4,11-12H,5-6H2,1-2H3. The van der Waals surface area contributed by atoms with Crippen LogP contribution in [-0.2, 0) is 6.42 Å². The molecule has 1 atom stereocenters. The van der Waals surface area contributed by atoms with Crippen LogP contribution in [0.5, 0.6) is 0 Å². The predicted molar refractivity (Wildman–Crippen MR) is 49.2 cm³/mol. The number of rotatable bonds is 0. The molecule has 12 heavy (non-hydrogen) atoms. The third kappa shape index (κ3) is 0.969. The Balaban J connectivity index is 2.60. The van der Waals surface area contributed by atoms with Crippen molar-refractivity contribution >= 4 is 0 Å². The average molecular weight is 162 g/mol. The molecule has 1 aromatic carbocycles. The topological polar surface area (TPSA) is 20.2 Å². The van der Waals surface area contributed by atoms with Crippen LogP contribution in [0.2, 0.25) is 0 Å². The van der Waals surface area contributed by atoms with Crippen LogP contribution in [0.15, 0.2) is 12.1 Å². The molecule has 1 unspecified atom stereocenters. The fourth-order valence-electron chi connectivity index (χ4n) is 1.98. The van der Waals surface area contributed by atoms with Crippen molar-refractivity contribution in [3.05, 3.63) is 34.4 Å². The van der Waals surface area contributed by atoms with Gasteiger partial charge in [0.1, 0.15) is 0 Å². The van der Waals surface area contributed by atoms with Gasteiger partial charge in [0.25, 0.3) is 0 Å². The summed E-state index contributed by atoms with van der Waals surface area (Å²) < 4.78 is 0. The molecule has 0 heterocycles. The van der Waals surface area contributed by atoms with E-state index in [1.807, 2.05) is 0 Å². The molecule has 0 spiro atoms. The summed E-state index contributed by atoms with van der Waals surface area (Å²) in [4.78, 5) is 0. The predicted octanol–water partition coefficient (Wildman–Crippen LogP) is 2.28. The summed E-state index contributed by atoms with van der Waals surface area (Å²) in [6.07, 6.45) is 1.74. The van der Waals surface area contributed by atoms with Crippen LogP contribution >= 0.6 is 0 Å². The second kappa shape index (κ2) is 2.60. The van der Waals surface area contributed by atoms with E-state index in [-0.39, 0.29) is 6.10 Å². The first-order valence-electron chi connectivity index (χ1n) is 4.47. The number of fused-ring (bicyclic) bond motifs is 1. The van der Waals surface area contributed by atoms with E-state index in [0.717, 1.165) is 18.4 Å². The fourth-order valence-corrected chi connectivity index (χ4v) is 1.98. The zero-order chi connectivity index (χ0) is 8.72. The molecule has 1 nitrogen and oxygen atoms in total. The second-order valence-electron chi connectivity index (χ2n) is 3.63. The van der Waals surface area contributed by atoms with E-state index in [2.05, 4.69) is 26.0 Å². The zero-order valence-electron chi connectivity index (χ0n) is 7.59. The van der Waals surface area contributed by atoms with Gasteiger partial charge in [-0.2, -0.15) is 0 Å². The Hall–Kier alpha value is -0.820. The lowest BCUT2D eigenvalue weighted by molar-refractivity contribution is 0.180. The van der Waals surface area contributed by atoms with Gasteiger partial charge in [-0.15, -0.1) is 0 Å². The quantitative estimate of drug-likeness (QED) is 0.620. The minimum atomic E-state index is -0.209. The van der Waals surface area contributed by atoms with Crippen LogP contribution in [0.4, 0.5) is 0 Å². The maximum atomic E-state index is 9.60. The van der Waals surface area contributed by atoms with Gasteiger partial charge in [-0.1, -0.05) is 12.1 Å². The normalized spacial score (nSPS) is 21.1. The summed E-state index contributed by atoms with van der Waals surface area (Å²) in [5, 5.41) is 9.60. The third-order valence-corrected chi connectivity index (χ3v) is 2.93. The van der Waals surface area contributed by atoms with Crippen molar-refractivity contribution in [1.82, 2.24) is 0 Å². The molecule has 0 bridgehead atoms. The molecular formula is C11H14O. The Labute approximate surface area is 73.0 Å². The Morgan fingerprint density at radius 1 is 1.33 bits per heavy atom. The van der Waals surface area contributed by atoms with E-state index in [0.29, 0.717) is 0 Å². The molecule has 2 rings (SSSR count). The Morgan fingerprint density at radius 3 is 2.83 bits per heavy atom. The summed E-state index contributed by atoms with van der Waals surface area (Å²) in [6.45, 7) is 4.27. The molecule has 1 aliphatic rings. The Morgan fingerprint density at radius 2 is 2.08 bits per heavy atom. The van der Waals surface area contributed by atoms with E-state index >= 15 is 0 Å². The minimum absolute atomic E-state index is 0.209. The van der Waals surface area contributed by atoms with Crippen LogP contribution in [0.25, 0.3) is 0 Å². The summed E-state index contributed by atoms with van der Waals surface area (Å²) in [5.41, 5.74) is 5.23. The summed E-state index contributed by atoms with van der Waals surface area (Å²) >= 11 is 0. The lowest BCUT2D eigenvalue weighted by Gasteiger charge is -2.08. The van der Waals surface area contributed by atoms with Crippen LogP contribution in [0.3, 0.4) is 0 Å². The highest BCUT2D eigenvalue weighted by atomic mass is 16.3. The highest BCUT2D eigenvalue weighted by molar-refractivity contribution is 5.43. The molecule has 1 aromatic rings. The fraction of sp³-hybridized carbons (Fsp3) is 0.455. The Bertz CT molecular complexity index is 315. The number of aryl methyl sites for hydroxylation is 1. The van der Waals surface area contributed by atoms with E-state index in [1.165, 1.54) is 16.7 Å². The second-order valence-corrected chi connectivity index (χ2v) is 3.63. The minimum Gasteiger partial charge on any atom is -0.388 e. The third-order valence-electron chi connectivity index (χ3n) is 2.93. The van der Waals surface area contributed by atoms with Crippen molar-refractivity contribution in [2.45, 2.75) is 32.8 Å². The first-order valence-corrected chi connectivity index (χ1v) is 4.47. The lowest BCUT2D eigenvalue weighted by atomic mass is 9.99. The molecule has 0 saturated carbocycles. The van der Waals surface area contributed by atoms with Gasteiger partial charge in [-0.05, 0) is 48.9 Å².